The van der Waals surface area contributed by atoms with Crippen LogP contribution < -0.4 is 4.90 Å². The summed E-state index contributed by atoms with van der Waals surface area (Å²) in [7, 11) is 1.63. The van der Waals surface area contributed by atoms with Crippen molar-refractivity contribution in [3.8, 4) is 11.3 Å². The van der Waals surface area contributed by atoms with Gasteiger partial charge in [0.15, 0.2) is 5.65 Å². The van der Waals surface area contributed by atoms with Gasteiger partial charge in [0.2, 0.25) is 0 Å². The third-order valence-corrected chi connectivity index (χ3v) is 4.70. The molecule has 152 valence electrons. The first kappa shape index (κ1) is 19.6. The normalized spacial score (nSPS) is 11.6. The van der Waals surface area contributed by atoms with Crippen molar-refractivity contribution >= 4 is 17.2 Å². The lowest BCUT2D eigenvalue weighted by atomic mass is 10.1. The molecule has 30 heavy (non-hydrogen) atoms. The molecular weight excluding hydrogens is 395 g/mol. The zero-order valence-corrected chi connectivity index (χ0v) is 16.1. The van der Waals surface area contributed by atoms with E-state index in [0.717, 1.165) is 17.8 Å². The fourth-order valence-corrected chi connectivity index (χ4v) is 3.07. The van der Waals surface area contributed by atoms with Gasteiger partial charge in [-0.3, -0.25) is 14.2 Å². The lowest BCUT2D eigenvalue weighted by Gasteiger charge is -2.17. The molecule has 0 aliphatic rings. The van der Waals surface area contributed by atoms with Gasteiger partial charge < -0.3 is 4.90 Å². The molecular formula is C21H16F3N5O. The highest BCUT2D eigenvalue weighted by Crippen LogP contribution is 2.31. The standard InChI is InChI=1S/C21H16F3N5O/c1-13-9-16(7-8-25-13)28(2)20(30)17-12-29-18(10-27-19(29)11-26-17)14-3-5-15(6-4-14)21(22,23)24/h3-12H,1-2H3. The van der Waals surface area contributed by atoms with Crippen molar-refractivity contribution in [2.75, 3.05) is 11.9 Å². The lowest BCUT2D eigenvalue weighted by Crippen LogP contribution is -2.27. The van der Waals surface area contributed by atoms with Crippen molar-refractivity contribution in [2.45, 2.75) is 13.1 Å². The van der Waals surface area contributed by atoms with E-state index in [2.05, 4.69) is 15.0 Å². The van der Waals surface area contributed by atoms with E-state index < -0.39 is 11.7 Å². The number of amides is 1. The van der Waals surface area contributed by atoms with Crippen LogP contribution in [0, 0.1) is 6.92 Å². The summed E-state index contributed by atoms with van der Waals surface area (Å²) >= 11 is 0. The fraction of sp³-hybridized carbons (Fsp3) is 0.143. The number of nitrogens with zero attached hydrogens (tertiary/aromatic N) is 5. The summed E-state index contributed by atoms with van der Waals surface area (Å²) in [5, 5.41) is 0. The average Bonchev–Trinajstić information content (AvgIpc) is 3.15. The topological polar surface area (TPSA) is 63.4 Å². The van der Waals surface area contributed by atoms with Crippen molar-refractivity contribution in [1.82, 2.24) is 19.4 Å². The molecule has 4 aromatic rings. The highest BCUT2D eigenvalue weighted by Gasteiger charge is 2.30. The second-order valence-electron chi connectivity index (χ2n) is 6.74. The molecule has 9 heteroatoms. The summed E-state index contributed by atoms with van der Waals surface area (Å²) in [5.74, 6) is -0.338. The summed E-state index contributed by atoms with van der Waals surface area (Å²) in [6.07, 6.45) is 1.72. The highest BCUT2D eigenvalue weighted by atomic mass is 19.4. The first-order valence-electron chi connectivity index (χ1n) is 8.95. The van der Waals surface area contributed by atoms with E-state index in [1.165, 1.54) is 35.6 Å². The zero-order valence-electron chi connectivity index (χ0n) is 16.1. The van der Waals surface area contributed by atoms with Crippen molar-refractivity contribution in [3.05, 3.63) is 78.1 Å². The molecule has 1 aromatic carbocycles. The van der Waals surface area contributed by atoms with Crippen LogP contribution in [0.4, 0.5) is 18.9 Å². The second-order valence-corrected chi connectivity index (χ2v) is 6.74. The fourth-order valence-electron chi connectivity index (χ4n) is 3.07. The van der Waals surface area contributed by atoms with Crippen LogP contribution >= 0.6 is 0 Å². The van der Waals surface area contributed by atoms with Crippen LogP contribution in [0.5, 0.6) is 0 Å². The Morgan fingerprint density at radius 3 is 2.43 bits per heavy atom. The summed E-state index contributed by atoms with van der Waals surface area (Å²) in [6.45, 7) is 1.83. The van der Waals surface area contributed by atoms with Gasteiger partial charge in [0.1, 0.15) is 5.69 Å². The van der Waals surface area contributed by atoms with Crippen LogP contribution in [0.25, 0.3) is 16.9 Å². The zero-order chi connectivity index (χ0) is 21.5. The Hall–Kier alpha value is -3.75. The van der Waals surface area contributed by atoms with Crippen LogP contribution in [0.15, 0.2) is 61.2 Å². The number of halogens is 3. The molecule has 0 aliphatic carbocycles. The van der Waals surface area contributed by atoms with Gasteiger partial charge in [-0.15, -0.1) is 0 Å². The molecule has 0 atom stereocenters. The minimum atomic E-state index is -4.41. The predicted molar refractivity (Wildman–Crippen MR) is 105 cm³/mol. The molecule has 0 fully saturated rings. The van der Waals surface area contributed by atoms with E-state index in [1.54, 1.807) is 29.8 Å². The first-order valence-corrected chi connectivity index (χ1v) is 8.95. The SMILES string of the molecule is Cc1cc(N(C)C(=O)c2cn3c(-c4ccc(C(F)(F)F)cc4)cnc3cn2)ccn1. The van der Waals surface area contributed by atoms with Crippen LogP contribution in [-0.4, -0.2) is 32.3 Å². The van der Waals surface area contributed by atoms with E-state index >= 15 is 0 Å². The van der Waals surface area contributed by atoms with E-state index in [0.29, 0.717) is 22.6 Å². The molecule has 0 spiro atoms. The predicted octanol–water partition coefficient (Wildman–Crippen LogP) is 4.40. The minimum absolute atomic E-state index is 0.172. The molecule has 0 radical (unpaired) electrons. The van der Waals surface area contributed by atoms with Gasteiger partial charge in [-0.05, 0) is 31.2 Å². The minimum Gasteiger partial charge on any atom is -0.310 e. The van der Waals surface area contributed by atoms with E-state index in [1.807, 2.05) is 6.92 Å². The Kier molecular flexibility index (Phi) is 4.73. The van der Waals surface area contributed by atoms with E-state index in [9.17, 15) is 18.0 Å². The molecule has 0 unspecified atom stereocenters. The van der Waals surface area contributed by atoms with Crippen molar-refractivity contribution < 1.29 is 18.0 Å². The highest BCUT2D eigenvalue weighted by molar-refractivity contribution is 6.04. The Balaban J connectivity index is 1.70. The molecule has 0 saturated heterocycles. The molecule has 4 rings (SSSR count). The number of aryl methyl sites for hydroxylation is 1. The van der Waals surface area contributed by atoms with Crippen molar-refractivity contribution in [3.63, 3.8) is 0 Å². The molecule has 6 nitrogen and oxygen atoms in total. The average molecular weight is 411 g/mol. The third-order valence-electron chi connectivity index (χ3n) is 4.70. The smallest absolute Gasteiger partial charge is 0.310 e. The van der Waals surface area contributed by atoms with E-state index in [-0.39, 0.29) is 11.6 Å². The number of carbonyl (C=O) groups excluding carboxylic acids is 1. The second kappa shape index (κ2) is 7.25. The Labute approximate surface area is 169 Å². The number of pyridine rings is 1. The van der Waals surface area contributed by atoms with Gasteiger partial charge in [0, 0.05) is 36.4 Å². The summed E-state index contributed by atoms with van der Waals surface area (Å²) in [4.78, 5) is 26.9. The lowest BCUT2D eigenvalue weighted by molar-refractivity contribution is -0.137. The number of alkyl halides is 3. The number of imidazole rings is 1. The number of benzene rings is 1. The number of anilines is 1. The Morgan fingerprint density at radius 2 is 1.77 bits per heavy atom. The monoisotopic (exact) mass is 411 g/mol. The van der Waals surface area contributed by atoms with Gasteiger partial charge in [0.05, 0.1) is 23.7 Å². The van der Waals surface area contributed by atoms with Crippen LogP contribution in [-0.2, 0) is 6.18 Å². The Bertz CT molecular complexity index is 1230. The van der Waals surface area contributed by atoms with Crippen molar-refractivity contribution in [1.29, 1.82) is 0 Å². The molecule has 0 aliphatic heterocycles. The van der Waals surface area contributed by atoms with Gasteiger partial charge in [-0.1, -0.05) is 12.1 Å². The largest absolute Gasteiger partial charge is 0.416 e. The maximum absolute atomic E-state index is 12.9. The number of fused-ring (bicyclic) bond motifs is 1. The van der Waals surface area contributed by atoms with Crippen LogP contribution in [0.2, 0.25) is 0 Å². The molecule has 0 saturated carbocycles. The van der Waals surface area contributed by atoms with Gasteiger partial charge in [-0.25, -0.2) is 9.97 Å². The van der Waals surface area contributed by atoms with Gasteiger partial charge in [-0.2, -0.15) is 13.2 Å². The number of aromatic nitrogens is 4. The quantitative estimate of drug-likeness (QED) is 0.502. The number of rotatable bonds is 3. The number of hydrogen-bond acceptors (Lipinski definition) is 4. The summed E-state index contributed by atoms with van der Waals surface area (Å²) in [5.41, 5.74) is 2.45. The Morgan fingerprint density at radius 1 is 1.03 bits per heavy atom. The molecule has 3 heterocycles. The summed E-state index contributed by atoms with van der Waals surface area (Å²) in [6, 6.07) is 8.28. The van der Waals surface area contributed by atoms with Gasteiger partial charge >= 0.3 is 6.18 Å². The molecule has 0 bridgehead atoms. The van der Waals surface area contributed by atoms with E-state index in [4.69, 9.17) is 0 Å². The maximum atomic E-state index is 12.9. The first-order chi connectivity index (χ1) is 14.2. The number of carbonyl (C=O) groups is 1. The molecule has 3 aromatic heterocycles. The van der Waals surface area contributed by atoms with Gasteiger partial charge in [0.25, 0.3) is 5.91 Å². The molecule has 0 N–H and O–H groups in total. The van der Waals surface area contributed by atoms with Crippen LogP contribution in [0.3, 0.4) is 0 Å². The number of hydrogen-bond donors (Lipinski definition) is 0. The third kappa shape index (κ3) is 3.61. The van der Waals surface area contributed by atoms with Crippen LogP contribution in [0.1, 0.15) is 21.7 Å². The molecule has 1 amide bonds. The maximum Gasteiger partial charge on any atom is 0.416 e. The van der Waals surface area contributed by atoms with Crippen molar-refractivity contribution in [2.24, 2.45) is 0 Å². The summed E-state index contributed by atoms with van der Waals surface area (Å²) < 4.78 is 40.1.